The number of imide groups is 1. The number of nitrogens with zero attached hydrogens (tertiary/aromatic N) is 1. The van der Waals surface area contributed by atoms with Gasteiger partial charge in [0.2, 0.25) is 11.8 Å². The molecule has 18 heavy (non-hydrogen) atoms. The first-order valence-corrected chi connectivity index (χ1v) is 7.12. The van der Waals surface area contributed by atoms with Crippen LogP contribution >= 0.6 is 0 Å². The third-order valence-electron chi connectivity index (χ3n) is 4.17. The number of amides is 2. The molecule has 102 valence electrons. The van der Waals surface area contributed by atoms with Crippen LogP contribution in [-0.2, 0) is 14.3 Å². The van der Waals surface area contributed by atoms with Crippen molar-refractivity contribution in [1.82, 2.24) is 4.90 Å². The monoisotopic (exact) mass is 253 g/mol. The maximum atomic E-state index is 12.4. The van der Waals surface area contributed by atoms with Crippen molar-refractivity contribution in [1.29, 1.82) is 0 Å². The number of hydrogen-bond donors (Lipinski definition) is 0. The van der Waals surface area contributed by atoms with E-state index in [4.69, 9.17) is 4.74 Å². The molecule has 1 spiro atoms. The number of likely N-dealkylation sites (tertiary alicyclic amines) is 1. The SMILES string of the molecule is CCOCCCN1C(=O)CC2(CCCCC2)C1=O. The molecule has 0 radical (unpaired) electrons. The fraction of sp³-hybridized carbons (Fsp3) is 0.857. The van der Waals surface area contributed by atoms with Crippen LogP contribution < -0.4 is 0 Å². The molecule has 0 bridgehead atoms. The molecule has 2 rings (SSSR count). The van der Waals surface area contributed by atoms with Gasteiger partial charge in [0.25, 0.3) is 0 Å². The smallest absolute Gasteiger partial charge is 0.235 e. The Kier molecular flexibility index (Phi) is 4.38. The van der Waals surface area contributed by atoms with E-state index < -0.39 is 0 Å². The van der Waals surface area contributed by atoms with Crippen molar-refractivity contribution in [2.24, 2.45) is 5.41 Å². The summed E-state index contributed by atoms with van der Waals surface area (Å²) in [5.74, 6) is 0.113. The van der Waals surface area contributed by atoms with Gasteiger partial charge in [-0.05, 0) is 26.2 Å². The molecule has 2 fully saturated rings. The zero-order valence-electron chi connectivity index (χ0n) is 11.2. The highest BCUT2D eigenvalue weighted by Crippen LogP contribution is 2.45. The van der Waals surface area contributed by atoms with E-state index in [0.717, 1.165) is 32.1 Å². The van der Waals surface area contributed by atoms with Gasteiger partial charge in [-0.3, -0.25) is 14.5 Å². The van der Waals surface area contributed by atoms with E-state index in [1.54, 1.807) is 0 Å². The van der Waals surface area contributed by atoms with Gasteiger partial charge in [0.1, 0.15) is 0 Å². The highest BCUT2D eigenvalue weighted by atomic mass is 16.5. The Morgan fingerprint density at radius 2 is 1.94 bits per heavy atom. The molecular weight excluding hydrogens is 230 g/mol. The van der Waals surface area contributed by atoms with Gasteiger partial charge in [0, 0.05) is 26.2 Å². The molecule has 1 aliphatic carbocycles. The predicted molar refractivity (Wildman–Crippen MR) is 68.0 cm³/mol. The van der Waals surface area contributed by atoms with Crippen molar-refractivity contribution in [3.8, 4) is 0 Å². The van der Waals surface area contributed by atoms with Crippen molar-refractivity contribution in [2.45, 2.75) is 51.9 Å². The van der Waals surface area contributed by atoms with Crippen LogP contribution in [0.25, 0.3) is 0 Å². The summed E-state index contributed by atoms with van der Waals surface area (Å²) in [4.78, 5) is 25.9. The molecule has 0 aromatic carbocycles. The quantitative estimate of drug-likeness (QED) is 0.557. The zero-order chi connectivity index (χ0) is 13.0. The first-order valence-electron chi connectivity index (χ1n) is 7.12. The zero-order valence-corrected chi connectivity index (χ0v) is 11.2. The lowest BCUT2D eigenvalue weighted by molar-refractivity contribution is -0.142. The summed E-state index contributed by atoms with van der Waals surface area (Å²) in [6, 6.07) is 0. The molecule has 0 aromatic heterocycles. The second-order valence-electron chi connectivity index (χ2n) is 5.42. The molecule has 4 nitrogen and oxygen atoms in total. The van der Waals surface area contributed by atoms with Crippen LogP contribution in [0.15, 0.2) is 0 Å². The third kappa shape index (κ3) is 2.58. The molecule has 4 heteroatoms. The number of hydrogen-bond acceptors (Lipinski definition) is 3. The normalized spacial score (nSPS) is 23.1. The van der Waals surface area contributed by atoms with E-state index in [1.807, 2.05) is 6.92 Å². The Hall–Kier alpha value is -0.900. The maximum Gasteiger partial charge on any atom is 0.235 e. The van der Waals surface area contributed by atoms with Gasteiger partial charge < -0.3 is 4.74 Å². The highest BCUT2D eigenvalue weighted by Gasteiger charge is 2.51. The van der Waals surface area contributed by atoms with E-state index in [1.165, 1.54) is 11.3 Å². The van der Waals surface area contributed by atoms with Crippen molar-refractivity contribution in [2.75, 3.05) is 19.8 Å². The summed E-state index contributed by atoms with van der Waals surface area (Å²) in [5.41, 5.74) is -0.332. The minimum Gasteiger partial charge on any atom is -0.382 e. The van der Waals surface area contributed by atoms with Crippen LogP contribution in [0.5, 0.6) is 0 Å². The first kappa shape index (κ1) is 13.5. The Morgan fingerprint density at radius 1 is 1.22 bits per heavy atom. The molecule has 1 saturated carbocycles. The standard InChI is InChI=1S/C14H23NO3/c1-2-18-10-6-9-15-12(16)11-14(13(15)17)7-4-3-5-8-14/h2-11H2,1H3. The second-order valence-corrected chi connectivity index (χ2v) is 5.42. The lowest BCUT2D eigenvalue weighted by atomic mass is 9.73. The topological polar surface area (TPSA) is 46.6 Å². The Labute approximate surface area is 109 Å². The van der Waals surface area contributed by atoms with Crippen LogP contribution in [-0.4, -0.2) is 36.5 Å². The Bertz CT molecular complexity index is 321. The molecule has 0 unspecified atom stereocenters. The summed E-state index contributed by atoms with van der Waals surface area (Å²) in [6.07, 6.45) is 6.38. The van der Waals surface area contributed by atoms with Gasteiger partial charge in [-0.1, -0.05) is 19.3 Å². The predicted octanol–water partition coefficient (Wildman–Crippen LogP) is 2.12. The molecule has 1 heterocycles. The average Bonchev–Trinajstić information content (AvgIpc) is 2.59. The van der Waals surface area contributed by atoms with Gasteiger partial charge in [-0.2, -0.15) is 0 Å². The number of carbonyl (C=O) groups is 2. The minimum atomic E-state index is -0.332. The van der Waals surface area contributed by atoms with Gasteiger partial charge in [0.05, 0.1) is 5.41 Å². The number of ether oxygens (including phenoxy) is 1. The summed E-state index contributed by atoms with van der Waals surface area (Å²) in [7, 11) is 0. The third-order valence-corrected chi connectivity index (χ3v) is 4.17. The van der Waals surface area contributed by atoms with E-state index in [-0.39, 0.29) is 17.2 Å². The maximum absolute atomic E-state index is 12.4. The van der Waals surface area contributed by atoms with Crippen LogP contribution in [0.3, 0.4) is 0 Å². The lowest BCUT2D eigenvalue weighted by Gasteiger charge is -2.30. The first-order chi connectivity index (χ1) is 8.69. The molecule has 0 aromatic rings. The second kappa shape index (κ2) is 5.83. The van der Waals surface area contributed by atoms with Crippen molar-refractivity contribution < 1.29 is 14.3 Å². The molecule has 2 aliphatic rings. The largest absolute Gasteiger partial charge is 0.382 e. The lowest BCUT2D eigenvalue weighted by Crippen LogP contribution is -2.37. The van der Waals surface area contributed by atoms with Gasteiger partial charge >= 0.3 is 0 Å². The fourth-order valence-corrected chi connectivity index (χ4v) is 3.17. The highest BCUT2D eigenvalue weighted by molar-refractivity contribution is 6.05. The molecule has 0 N–H and O–H groups in total. The summed E-state index contributed by atoms with van der Waals surface area (Å²) in [6.45, 7) is 3.79. The summed E-state index contributed by atoms with van der Waals surface area (Å²) >= 11 is 0. The Morgan fingerprint density at radius 3 is 2.61 bits per heavy atom. The molecule has 1 aliphatic heterocycles. The fourth-order valence-electron chi connectivity index (χ4n) is 3.17. The van der Waals surface area contributed by atoms with Crippen molar-refractivity contribution >= 4 is 11.8 Å². The summed E-state index contributed by atoms with van der Waals surface area (Å²) < 4.78 is 5.25. The van der Waals surface area contributed by atoms with Crippen LogP contribution in [0, 0.1) is 5.41 Å². The van der Waals surface area contributed by atoms with Crippen molar-refractivity contribution in [3.05, 3.63) is 0 Å². The van der Waals surface area contributed by atoms with Gasteiger partial charge in [0.15, 0.2) is 0 Å². The van der Waals surface area contributed by atoms with E-state index in [9.17, 15) is 9.59 Å². The molecule has 2 amide bonds. The Balaban J connectivity index is 1.92. The van der Waals surface area contributed by atoms with Crippen molar-refractivity contribution in [3.63, 3.8) is 0 Å². The van der Waals surface area contributed by atoms with Crippen LogP contribution in [0.2, 0.25) is 0 Å². The van der Waals surface area contributed by atoms with Gasteiger partial charge in [-0.25, -0.2) is 0 Å². The average molecular weight is 253 g/mol. The van der Waals surface area contributed by atoms with E-state index >= 15 is 0 Å². The molecule has 1 saturated heterocycles. The van der Waals surface area contributed by atoms with Crippen LogP contribution in [0.1, 0.15) is 51.9 Å². The molecule has 0 atom stereocenters. The number of carbonyl (C=O) groups excluding carboxylic acids is 2. The minimum absolute atomic E-state index is 0.0263. The molecular formula is C14H23NO3. The van der Waals surface area contributed by atoms with Gasteiger partial charge in [-0.15, -0.1) is 0 Å². The van der Waals surface area contributed by atoms with Crippen LogP contribution in [0.4, 0.5) is 0 Å². The number of rotatable bonds is 5. The van der Waals surface area contributed by atoms with E-state index in [2.05, 4.69) is 0 Å². The summed E-state index contributed by atoms with van der Waals surface area (Å²) in [5, 5.41) is 0. The van der Waals surface area contributed by atoms with E-state index in [0.29, 0.717) is 26.2 Å².